The molecular weight excluding hydrogens is 214 g/mol. The molecular formula is C13H23N3O. The van der Waals surface area contributed by atoms with E-state index in [0.717, 1.165) is 57.2 Å². The van der Waals surface area contributed by atoms with Gasteiger partial charge in [0.05, 0.1) is 0 Å². The van der Waals surface area contributed by atoms with Crippen molar-refractivity contribution in [1.29, 1.82) is 0 Å². The highest BCUT2D eigenvalue weighted by Crippen LogP contribution is 2.18. The Kier molecular flexibility index (Phi) is 4.57. The average molecular weight is 237 g/mol. The van der Waals surface area contributed by atoms with Gasteiger partial charge in [-0.3, -0.25) is 0 Å². The van der Waals surface area contributed by atoms with E-state index in [2.05, 4.69) is 22.7 Å². The van der Waals surface area contributed by atoms with E-state index in [0.29, 0.717) is 0 Å². The maximum atomic E-state index is 5.99. The topological polar surface area (TPSA) is 53.1 Å². The predicted molar refractivity (Wildman–Crippen MR) is 67.7 cm³/mol. The Labute approximate surface area is 103 Å². The summed E-state index contributed by atoms with van der Waals surface area (Å²) < 4.78 is 7.66. The summed E-state index contributed by atoms with van der Waals surface area (Å²) in [7, 11) is 0. The normalized spacial score (nSPS) is 19.4. The number of rotatable bonds is 5. The zero-order chi connectivity index (χ0) is 12.1. The number of aromatic nitrogens is 2. The second kappa shape index (κ2) is 6.17. The standard InChI is InChI=1S/C13H23N3O/c1-2-12(14)9-13-15-5-6-16(13)10-11-3-7-17-8-4-11/h5-6,11-12H,2-4,7-10,14H2,1H3. The van der Waals surface area contributed by atoms with Crippen LogP contribution in [0.4, 0.5) is 0 Å². The minimum absolute atomic E-state index is 0.228. The molecule has 2 heterocycles. The molecule has 0 saturated carbocycles. The Morgan fingerprint density at radius 1 is 1.53 bits per heavy atom. The van der Waals surface area contributed by atoms with Gasteiger partial charge in [0.15, 0.2) is 0 Å². The van der Waals surface area contributed by atoms with Crippen molar-refractivity contribution < 1.29 is 4.74 Å². The summed E-state index contributed by atoms with van der Waals surface area (Å²) in [4.78, 5) is 4.42. The average Bonchev–Trinajstić information content (AvgIpc) is 2.78. The van der Waals surface area contributed by atoms with E-state index < -0.39 is 0 Å². The van der Waals surface area contributed by atoms with Gasteiger partial charge >= 0.3 is 0 Å². The van der Waals surface area contributed by atoms with Crippen LogP contribution in [-0.4, -0.2) is 28.8 Å². The fraction of sp³-hybridized carbons (Fsp3) is 0.769. The first-order chi connectivity index (χ1) is 8.29. The highest BCUT2D eigenvalue weighted by atomic mass is 16.5. The van der Waals surface area contributed by atoms with E-state index in [9.17, 15) is 0 Å². The van der Waals surface area contributed by atoms with Gasteiger partial charge in [0.2, 0.25) is 0 Å². The fourth-order valence-corrected chi connectivity index (χ4v) is 2.28. The summed E-state index contributed by atoms with van der Waals surface area (Å²) in [5.41, 5.74) is 5.99. The van der Waals surface area contributed by atoms with Crippen molar-refractivity contribution in [3.8, 4) is 0 Å². The van der Waals surface area contributed by atoms with Crippen molar-refractivity contribution in [2.75, 3.05) is 13.2 Å². The number of hydrogen-bond acceptors (Lipinski definition) is 3. The van der Waals surface area contributed by atoms with E-state index in [-0.39, 0.29) is 6.04 Å². The number of ether oxygens (including phenoxy) is 1. The summed E-state index contributed by atoms with van der Waals surface area (Å²) in [5.74, 6) is 1.86. The van der Waals surface area contributed by atoms with Crippen molar-refractivity contribution in [2.24, 2.45) is 11.7 Å². The smallest absolute Gasteiger partial charge is 0.110 e. The number of hydrogen-bond donors (Lipinski definition) is 1. The molecule has 2 N–H and O–H groups in total. The van der Waals surface area contributed by atoms with Gasteiger partial charge in [0.25, 0.3) is 0 Å². The van der Waals surface area contributed by atoms with Crippen LogP contribution in [0.3, 0.4) is 0 Å². The van der Waals surface area contributed by atoms with Crippen LogP contribution >= 0.6 is 0 Å². The second-order valence-corrected chi connectivity index (χ2v) is 4.92. The molecule has 1 saturated heterocycles. The third-order valence-corrected chi connectivity index (χ3v) is 3.57. The first-order valence-electron chi connectivity index (χ1n) is 6.63. The minimum Gasteiger partial charge on any atom is -0.381 e. The van der Waals surface area contributed by atoms with Crippen LogP contribution in [0.25, 0.3) is 0 Å². The van der Waals surface area contributed by atoms with Crippen LogP contribution < -0.4 is 5.73 Å². The largest absolute Gasteiger partial charge is 0.381 e. The maximum Gasteiger partial charge on any atom is 0.110 e. The molecule has 96 valence electrons. The van der Waals surface area contributed by atoms with Crippen molar-refractivity contribution in [3.05, 3.63) is 18.2 Å². The molecule has 0 aliphatic carbocycles. The molecule has 17 heavy (non-hydrogen) atoms. The van der Waals surface area contributed by atoms with Crippen LogP contribution in [0.5, 0.6) is 0 Å². The molecule has 0 bridgehead atoms. The monoisotopic (exact) mass is 237 g/mol. The highest BCUT2D eigenvalue weighted by Gasteiger charge is 2.16. The number of nitrogens with two attached hydrogens (primary N) is 1. The highest BCUT2D eigenvalue weighted by molar-refractivity contribution is 4.95. The number of imidazole rings is 1. The zero-order valence-corrected chi connectivity index (χ0v) is 10.6. The molecule has 1 unspecified atom stereocenters. The van der Waals surface area contributed by atoms with Crippen LogP contribution in [0, 0.1) is 5.92 Å². The molecule has 0 amide bonds. The van der Waals surface area contributed by atoms with Crippen molar-refractivity contribution >= 4 is 0 Å². The Morgan fingerprint density at radius 3 is 3.00 bits per heavy atom. The maximum absolute atomic E-state index is 5.99. The molecule has 4 nitrogen and oxygen atoms in total. The lowest BCUT2D eigenvalue weighted by atomic mass is 10.0. The Hall–Kier alpha value is -0.870. The first-order valence-corrected chi connectivity index (χ1v) is 6.63. The number of nitrogens with zero attached hydrogens (tertiary/aromatic N) is 2. The van der Waals surface area contributed by atoms with Gasteiger partial charge in [0.1, 0.15) is 5.82 Å². The molecule has 4 heteroatoms. The Bertz CT molecular complexity index is 331. The molecule has 0 radical (unpaired) electrons. The second-order valence-electron chi connectivity index (χ2n) is 4.92. The van der Waals surface area contributed by atoms with E-state index in [1.165, 1.54) is 0 Å². The van der Waals surface area contributed by atoms with Gasteiger partial charge in [-0.2, -0.15) is 0 Å². The fourth-order valence-electron chi connectivity index (χ4n) is 2.28. The van der Waals surface area contributed by atoms with Crippen molar-refractivity contribution in [3.63, 3.8) is 0 Å². The van der Waals surface area contributed by atoms with Crippen LogP contribution in [0.1, 0.15) is 32.0 Å². The van der Waals surface area contributed by atoms with Gasteiger partial charge in [-0.05, 0) is 25.2 Å². The molecule has 1 aliphatic rings. The quantitative estimate of drug-likeness (QED) is 0.846. The third-order valence-electron chi connectivity index (χ3n) is 3.57. The van der Waals surface area contributed by atoms with Crippen LogP contribution in [0.2, 0.25) is 0 Å². The summed E-state index contributed by atoms with van der Waals surface area (Å²) in [5, 5.41) is 0. The van der Waals surface area contributed by atoms with Crippen LogP contribution in [0.15, 0.2) is 12.4 Å². The van der Waals surface area contributed by atoms with Gasteiger partial charge in [-0.25, -0.2) is 4.98 Å². The minimum atomic E-state index is 0.228. The van der Waals surface area contributed by atoms with E-state index in [1.54, 1.807) is 0 Å². The van der Waals surface area contributed by atoms with Crippen LogP contribution in [-0.2, 0) is 17.7 Å². The summed E-state index contributed by atoms with van der Waals surface area (Å²) in [6.07, 6.45) is 8.18. The molecule has 1 aliphatic heterocycles. The lowest BCUT2D eigenvalue weighted by Crippen LogP contribution is -2.25. The van der Waals surface area contributed by atoms with Gasteiger partial charge < -0.3 is 15.0 Å². The zero-order valence-electron chi connectivity index (χ0n) is 10.6. The SMILES string of the molecule is CCC(N)Cc1nccn1CC1CCOCC1. The Morgan fingerprint density at radius 2 is 2.29 bits per heavy atom. The molecule has 1 aromatic rings. The lowest BCUT2D eigenvalue weighted by Gasteiger charge is -2.23. The molecule has 2 rings (SSSR count). The van der Waals surface area contributed by atoms with Crippen molar-refractivity contribution in [2.45, 2.75) is 45.2 Å². The van der Waals surface area contributed by atoms with Gasteiger partial charge in [-0.1, -0.05) is 6.92 Å². The molecule has 0 spiro atoms. The Balaban J connectivity index is 1.93. The predicted octanol–water partition coefficient (Wildman–Crippen LogP) is 1.59. The first kappa shape index (κ1) is 12.6. The van der Waals surface area contributed by atoms with Crippen molar-refractivity contribution in [1.82, 2.24) is 9.55 Å². The van der Waals surface area contributed by atoms with Gasteiger partial charge in [-0.15, -0.1) is 0 Å². The lowest BCUT2D eigenvalue weighted by molar-refractivity contribution is 0.0610. The molecule has 1 fully saturated rings. The molecule has 1 atom stereocenters. The summed E-state index contributed by atoms with van der Waals surface area (Å²) in [6.45, 7) is 5.00. The summed E-state index contributed by atoms with van der Waals surface area (Å²) in [6, 6.07) is 0.228. The van der Waals surface area contributed by atoms with Gasteiger partial charge in [0, 0.05) is 44.6 Å². The third kappa shape index (κ3) is 3.54. The molecule has 1 aromatic heterocycles. The molecule has 0 aromatic carbocycles. The van der Waals surface area contributed by atoms with E-state index in [1.807, 2.05) is 6.20 Å². The summed E-state index contributed by atoms with van der Waals surface area (Å²) >= 11 is 0. The van der Waals surface area contributed by atoms with E-state index >= 15 is 0 Å². The van der Waals surface area contributed by atoms with E-state index in [4.69, 9.17) is 10.5 Å².